The Hall–Kier alpha value is -2.90. The molecule has 0 atom stereocenters. The number of carbonyl (C=O) groups is 1. The largest absolute Gasteiger partial charge is 0.381 e. The van der Waals surface area contributed by atoms with Crippen molar-refractivity contribution >= 4 is 22.6 Å². The molecule has 190 valence electrons. The molecule has 3 fully saturated rings. The smallest absolute Gasteiger partial charge is 0.253 e. The standard InChI is InChI=1S/C29H37N5O2/c1-20-18-30-28-26(20)27(32-23-4-2-3-5-23)25(19-31-28)21-6-8-22(9-7-21)29(35)34-12-10-24(11-13-34)33-14-16-36-17-15-33/h6-9,18-19,23-24H,2-5,10-17H2,1H3,(H2,30,31,32). The van der Waals surface area contributed by atoms with Crippen LogP contribution >= 0.6 is 0 Å². The van der Waals surface area contributed by atoms with Crippen LogP contribution < -0.4 is 5.32 Å². The maximum Gasteiger partial charge on any atom is 0.253 e. The zero-order valence-electron chi connectivity index (χ0n) is 21.3. The van der Waals surface area contributed by atoms with Gasteiger partial charge in [-0.05, 0) is 55.9 Å². The van der Waals surface area contributed by atoms with Crippen molar-refractivity contribution in [1.82, 2.24) is 19.8 Å². The number of morpholine rings is 1. The number of anilines is 1. The minimum Gasteiger partial charge on any atom is -0.381 e. The average Bonchev–Trinajstić information content (AvgIpc) is 3.59. The lowest BCUT2D eigenvalue weighted by Gasteiger charge is -2.40. The quantitative estimate of drug-likeness (QED) is 0.539. The van der Waals surface area contributed by atoms with Gasteiger partial charge in [-0.25, -0.2) is 4.98 Å². The van der Waals surface area contributed by atoms with Gasteiger partial charge in [-0.2, -0.15) is 0 Å². The van der Waals surface area contributed by atoms with Gasteiger partial charge < -0.3 is 19.9 Å². The Balaban J connectivity index is 1.19. The van der Waals surface area contributed by atoms with Gasteiger partial charge in [0.25, 0.3) is 5.91 Å². The van der Waals surface area contributed by atoms with E-state index < -0.39 is 0 Å². The van der Waals surface area contributed by atoms with Gasteiger partial charge in [0, 0.05) is 67.2 Å². The molecule has 6 rings (SSSR count). The third kappa shape index (κ3) is 4.62. The highest BCUT2D eigenvalue weighted by molar-refractivity contribution is 6.01. The van der Waals surface area contributed by atoms with Crippen LogP contribution in [0.25, 0.3) is 22.2 Å². The fourth-order valence-electron chi connectivity index (χ4n) is 6.25. The molecule has 1 aromatic carbocycles. The third-order valence-corrected chi connectivity index (χ3v) is 8.36. The van der Waals surface area contributed by atoms with Crippen molar-refractivity contribution in [2.24, 2.45) is 0 Å². The van der Waals surface area contributed by atoms with Crippen molar-refractivity contribution in [2.45, 2.75) is 57.5 Å². The van der Waals surface area contributed by atoms with Gasteiger partial charge in [0.15, 0.2) is 0 Å². The van der Waals surface area contributed by atoms with Gasteiger partial charge in [0.05, 0.1) is 18.9 Å². The predicted octanol–water partition coefficient (Wildman–Crippen LogP) is 4.83. The van der Waals surface area contributed by atoms with Gasteiger partial charge in [0.1, 0.15) is 5.65 Å². The second-order valence-corrected chi connectivity index (χ2v) is 10.6. The fourth-order valence-corrected chi connectivity index (χ4v) is 6.25. The Morgan fingerprint density at radius 3 is 2.47 bits per heavy atom. The second-order valence-electron chi connectivity index (χ2n) is 10.6. The highest BCUT2D eigenvalue weighted by Crippen LogP contribution is 2.37. The number of piperidine rings is 1. The van der Waals surface area contributed by atoms with Gasteiger partial charge in [-0.1, -0.05) is 25.0 Å². The van der Waals surface area contributed by atoms with Crippen LogP contribution in [0.2, 0.25) is 0 Å². The number of fused-ring (bicyclic) bond motifs is 1. The summed E-state index contributed by atoms with van der Waals surface area (Å²) in [5.74, 6) is 0.140. The van der Waals surface area contributed by atoms with E-state index in [1.165, 1.54) is 36.6 Å². The highest BCUT2D eigenvalue weighted by atomic mass is 16.5. The first-order valence-electron chi connectivity index (χ1n) is 13.6. The van der Waals surface area contributed by atoms with Crippen LogP contribution in [0.5, 0.6) is 0 Å². The Bertz CT molecular complexity index is 1200. The molecule has 0 radical (unpaired) electrons. The van der Waals surface area contributed by atoms with E-state index in [2.05, 4.69) is 34.3 Å². The molecule has 2 N–H and O–H groups in total. The zero-order valence-corrected chi connectivity index (χ0v) is 21.3. The number of aryl methyl sites for hydroxylation is 1. The first-order valence-corrected chi connectivity index (χ1v) is 13.6. The Morgan fingerprint density at radius 2 is 1.75 bits per heavy atom. The molecule has 0 unspecified atom stereocenters. The molecule has 4 heterocycles. The van der Waals surface area contributed by atoms with Gasteiger partial charge in [0.2, 0.25) is 0 Å². The van der Waals surface area contributed by atoms with Gasteiger partial charge >= 0.3 is 0 Å². The molecule has 3 aliphatic rings. The third-order valence-electron chi connectivity index (χ3n) is 8.36. The number of H-pyrrole nitrogens is 1. The van der Waals surface area contributed by atoms with Crippen LogP contribution in [0.4, 0.5) is 5.69 Å². The van der Waals surface area contributed by atoms with E-state index in [1.54, 1.807) is 0 Å². The lowest BCUT2D eigenvalue weighted by molar-refractivity contribution is 0.00159. The number of hydrogen-bond acceptors (Lipinski definition) is 5. The second kappa shape index (κ2) is 10.2. The number of benzene rings is 1. The molecule has 1 aliphatic carbocycles. The van der Waals surface area contributed by atoms with E-state index in [0.717, 1.165) is 80.3 Å². The molecule has 2 aliphatic heterocycles. The number of ether oxygens (including phenoxy) is 1. The minimum atomic E-state index is 0.140. The van der Waals surface area contributed by atoms with Crippen LogP contribution in [-0.4, -0.2) is 77.2 Å². The topological polar surface area (TPSA) is 73.5 Å². The molecule has 7 nitrogen and oxygen atoms in total. The number of aromatic nitrogens is 2. The molecule has 0 bridgehead atoms. The van der Waals surface area contributed by atoms with E-state index in [1.807, 2.05) is 29.4 Å². The van der Waals surface area contributed by atoms with Crippen LogP contribution in [-0.2, 0) is 4.74 Å². The van der Waals surface area contributed by atoms with Crippen molar-refractivity contribution in [3.05, 3.63) is 47.8 Å². The summed E-state index contributed by atoms with van der Waals surface area (Å²) in [6, 6.07) is 9.21. The Kier molecular flexibility index (Phi) is 6.67. The number of likely N-dealkylation sites (tertiary alicyclic amines) is 1. The molecule has 0 spiro atoms. The van der Waals surface area contributed by atoms with Gasteiger partial charge in [-0.15, -0.1) is 0 Å². The number of hydrogen-bond donors (Lipinski definition) is 2. The van der Waals surface area contributed by atoms with Crippen molar-refractivity contribution < 1.29 is 9.53 Å². The van der Waals surface area contributed by atoms with Crippen molar-refractivity contribution in [2.75, 3.05) is 44.7 Å². The number of amides is 1. The van der Waals surface area contributed by atoms with Crippen molar-refractivity contribution in [3.8, 4) is 11.1 Å². The van der Waals surface area contributed by atoms with E-state index in [4.69, 9.17) is 9.72 Å². The number of rotatable bonds is 5. The first kappa shape index (κ1) is 23.5. The normalized spacial score (nSPS) is 20.3. The predicted molar refractivity (Wildman–Crippen MR) is 143 cm³/mol. The molecule has 7 heteroatoms. The SMILES string of the molecule is Cc1c[nH]c2ncc(-c3ccc(C(=O)N4CCC(N5CCOCC5)CC4)cc3)c(NC3CCCC3)c12. The Morgan fingerprint density at radius 1 is 1.03 bits per heavy atom. The van der Waals surface area contributed by atoms with E-state index in [9.17, 15) is 4.79 Å². The summed E-state index contributed by atoms with van der Waals surface area (Å²) in [7, 11) is 0. The van der Waals surface area contributed by atoms with Crippen molar-refractivity contribution in [1.29, 1.82) is 0 Å². The summed E-state index contributed by atoms with van der Waals surface area (Å²) in [6.07, 6.45) is 11.1. The van der Waals surface area contributed by atoms with E-state index in [-0.39, 0.29) is 5.91 Å². The lowest BCUT2D eigenvalue weighted by Crippen LogP contribution is -2.50. The monoisotopic (exact) mass is 487 g/mol. The molecule has 2 saturated heterocycles. The number of aromatic amines is 1. The number of nitrogens with zero attached hydrogens (tertiary/aromatic N) is 3. The Labute approximate surface area is 213 Å². The highest BCUT2D eigenvalue weighted by Gasteiger charge is 2.28. The maximum atomic E-state index is 13.3. The minimum absolute atomic E-state index is 0.140. The summed E-state index contributed by atoms with van der Waals surface area (Å²) in [5, 5.41) is 5.02. The van der Waals surface area contributed by atoms with Gasteiger partial charge in [-0.3, -0.25) is 9.69 Å². The zero-order chi connectivity index (χ0) is 24.5. The summed E-state index contributed by atoms with van der Waals surface area (Å²) in [5.41, 5.74) is 6.24. The van der Waals surface area contributed by atoms with Crippen LogP contribution in [0, 0.1) is 6.92 Å². The molecular weight excluding hydrogens is 450 g/mol. The summed E-state index contributed by atoms with van der Waals surface area (Å²) < 4.78 is 5.50. The molecule has 1 saturated carbocycles. The summed E-state index contributed by atoms with van der Waals surface area (Å²) in [6.45, 7) is 7.47. The van der Waals surface area contributed by atoms with Crippen LogP contribution in [0.15, 0.2) is 36.7 Å². The summed E-state index contributed by atoms with van der Waals surface area (Å²) >= 11 is 0. The van der Waals surface area contributed by atoms with Crippen LogP contribution in [0.1, 0.15) is 54.4 Å². The number of carbonyl (C=O) groups excluding carboxylic acids is 1. The molecular formula is C29H37N5O2. The average molecular weight is 488 g/mol. The fraction of sp³-hybridized carbons (Fsp3) is 0.517. The molecule has 2 aromatic heterocycles. The lowest BCUT2D eigenvalue weighted by atomic mass is 9.99. The maximum absolute atomic E-state index is 13.3. The van der Waals surface area contributed by atoms with E-state index in [0.29, 0.717) is 12.1 Å². The first-order chi connectivity index (χ1) is 17.7. The van der Waals surface area contributed by atoms with E-state index >= 15 is 0 Å². The number of nitrogens with one attached hydrogen (secondary N) is 2. The van der Waals surface area contributed by atoms with Crippen molar-refractivity contribution in [3.63, 3.8) is 0 Å². The summed E-state index contributed by atoms with van der Waals surface area (Å²) in [4.78, 5) is 25.8. The number of pyridine rings is 1. The molecule has 1 amide bonds. The molecule has 3 aromatic rings. The van der Waals surface area contributed by atoms with Crippen LogP contribution in [0.3, 0.4) is 0 Å². The molecule has 36 heavy (non-hydrogen) atoms.